The highest BCUT2D eigenvalue weighted by Crippen LogP contribution is 2.13. The van der Waals surface area contributed by atoms with Gasteiger partial charge in [-0.15, -0.1) is 0 Å². The lowest BCUT2D eigenvalue weighted by Gasteiger charge is -2.04. The van der Waals surface area contributed by atoms with Crippen molar-refractivity contribution in [2.75, 3.05) is 13.0 Å². The zero-order valence-corrected chi connectivity index (χ0v) is 15.7. The summed E-state index contributed by atoms with van der Waals surface area (Å²) >= 11 is 0. The fourth-order valence-corrected chi connectivity index (χ4v) is 3.03. The van der Waals surface area contributed by atoms with Crippen LogP contribution in [0.5, 0.6) is 0 Å². The molecule has 138 valence electrons. The van der Waals surface area contributed by atoms with Crippen molar-refractivity contribution >= 4 is 7.12 Å². The van der Waals surface area contributed by atoms with Gasteiger partial charge in [0, 0.05) is 6.44 Å². The number of hydrogen-bond donors (Lipinski definition) is 3. The molecule has 0 aliphatic rings. The predicted octanol–water partition coefficient (Wildman–Crippen LogP) is 4.85. The Hall–Kier alpha value is -0.0551. The average Bonchev–Trinajstić information content (AvgIpc) is 2.53. The van der Waals surface area contributed by atoms with Crippen LogP contribution in [0.3, 0.4) is 0 Å². The Morgan fingerprint density at radius 3 is 1.26 bits per heavy atom. The normalized spacial score (nSPS) is 11.1. The molecule has 0 rings (SSSR count). The van der Waals surface area contributed by atoms with Crippen LogP contribution < -0.4 is 5.32 Å². The van der Waals surface area contributed by atoms with Crippen molar-refractivity contribution in [3.63, 3.8) is 0 Å². The molecule has 0 atom stereocenters. The van der Waals surface area contributed by atoms with Crippen LogP contribution in [0.1, 0.15) is 110 Å². The monoisotopic (exact) mass is 327 g/mol. The molecule has 0 aromatic heterocycles. The quantitative estimate of drug-likeness (QED) is 0.235. The van der Waals surface area contributed by atoms with E-state index in [1.807, 2.05) is 0 Å². The molecule has 23 heavy (non-hydrogen) atoms. The summed E-state index contributed by atoms with van der Waals surface area (Å²) in [4.78, 5) is 0. The van der Waals surface area contributed by atoms with Gasteiger partial charge in [0.1, 0.15) is 0 Å². The SMILES string of the molecule is CCCCCCCCCCCCCCCCCCNCB(O)O. The van der Waals surface area contributed by atoms with Crippen LogP contribution in [-0.4, -0.2) is 30.2 Å². The molecule has 0 radical (unpaired) electrons. The zero-order valence-electron chi connectivity index (χ0n) is 15.7. The van der Waals surface area contributed by atoms with Gasteiger partial charge in [0.25, 0.3) is 0 Å². The fraction of sp³-hybridized carbons (Fsp3) is 1.00. The Balaban J connectivity index is 2.95. The van der Waals surface area contributed by atoms with Crippen LogP contribution >= 0.6 is 0 Å². The van der Waals surface area contributed by atoms with Crippen molar-refractivity contribution in [2.24, 2.45) is 0 Å². The summed E-state index contributed by atoms with van der Waals surface area (Å²) in [6.07, 6.45) is 22.5. The van der Waals surface area contributed by atoms with Gasteiger partial charge < -0.3 is 15.4 Å². The molecule has 0 aromatic rings. The molecule has 0 heterocycles. The maximum Gasteiger partial charge on any atom is 0.466 e. The third-order valence-corrected chi connectivity index (χ3v) is 4.53. The minimum atomic E-state index is -1.21. The third kappa shape index (κ3) is 21.9. The molecule has 0 bridgehead atoms. The van der Waals surface area contributed by atoms with E-state index >= 15 is 0 Å². The summed E-state index contributed by atoms with van der Waals surface area (Å²) in [7, 11) is -1.21. The maximum atomic E-state index is 8.68. The second-order valence-electron chi connectivity index (χ2n) is 6.99. The van der Waals surface area contributed by atoms with Gasteiger partial charge in [0.15, 0.2) is 0 Å². The van der Waals surface area contributed by atoms with Crippen LogP contribution in [0.15, 0.2) is 0 Å². The highest BCUT2D eigenvalue weighted by molar-refractivity contribution is 6.41. The minimum Gasteiger partial charge on any atom is -0.426 e. The molecule has 0 spiro atoms. The van der Waals surface area contributed by atoms with Gasteiger partial charge in [-0.2, -0.15) is 0 Å². The van der Waals surface area contributed by atoms with E-state index in [0.717, 1.165) is 13.0 Å². The van der Waals surface area contributed by atoms with Crippen LogP contribution in [-0.2, 0) is 0 Å². The lowest BCUT2D eigenvalue weighted by atomic mass is 9.92. The van der Waals surface area contributed by atoms with Gasteiger partial charge in [0.05, 0.1) is 0 Å². The molecule has 0 unspecified atom stereocenters. The smallest absolute Gasteiger partial charge is 0.426 e. The summed E-state index contributed by atoms with van der Waals surface area (Å²) < 4.78 is 0. The molecule has 0 saturated carbocycles. The highest BCUT2D eigenvalue weighted by atomic mass is 16.4. The lowest BCUT2D eigenvalue weighted by molar-refractivity contribution is 0.398. The predicted molar refractivity (Wildman–Crippen MR) is 103 cm³/mol. The summed E-state index contributed by atoms with van der Waals surface area (Å²) in [5, 5.41) is 20.4. The Bertz CT molecular complexity index is 216. The van der Waals surface area contributed by atoms with Gasteiger partial charge in [-0.25, -0.2) is 0 Å². The maximum absolute atomic E-state index is 8.68. The van der Waals surface area contributed by atoms with Gasteiger partial charge in [-0.1, -0.05) is 103 Å². The molecular weight excluding hydrogens is 285 g/mol. The molecule has 0 aliphatic heterocycles. The van der Waals surface area contributed by atoms with Crippen LogP contribution in [0, 0.1) is 0 Å². The van der Waals surface area contributed by atoms with Crippen molar-refractivity contribution in [2.45, 2.75) is 110 Å². The molecule has 4 heteroatoms. The standard InChI is InChI=1S/C19H42BNO2/c1-2-3-4-5-6-7-8-9-10-11-12-13-14-15-16-17-18-21-19-20(22)23/h21-23H,2-19H2,1H3. The first kappa shape index (κ1) is 22.9. The first-order chi connectivity index (χ1) is 11.3. The van der Waals surface area contributed by atoms with Crippen LogP contribution in [0.4, 0.5) is 0 Å². The van der Waals surface area contributed by atoms with Crippen molar-refractivity contribution in [1.29, 1.82) is 0 Å². The zero-order chi connectivity index (χ0) is 17.0. The van der Waals surface area contributed by atoms with E-state index in [1.54, 1.807) is 0 Å². The first-order valence-electron chi connectivity index (χ1n) is 10.3. The minimum absolute atomic E-state index is 0.290. The topological polar surface area (TPSA) is 52.5 Å². The van der Waals surface area contributed by atoms with E-state index in [0.29, 0.717) is 6.44 Å². The molecule has 0 aliphatic carbocycles. The molecule has 0 saturated heterocycles. The Morgan fingerprint density at radius 1 is 0.565 bits per heavy atom. The summed E-state index contributed by atoms with van der Waals surface area (Å²) in [5.74, 6) is 0. The highest BCUT2D eigenvalue weighted by Gasteiger charge is 2.03. The van der Waals surface area contributed by atoms with E-state index in [9.17, 15) is 0 Å². The number of unbranched alkanes of at least 4 members (excludes halogenated alkanes) is 15. The van der Waals surface area contributed by atoms with Gasteiger partial charge >= 0.3 is 7.12 Å². The van der Waals surface area contributed by atoms with Crippen LogP contribution in [0.25, 0.3) is 0 Å². The van der Waals surface area contributed by atoms with Gasteiger partial charge in [0.2, 0.25) is 0 Å². The molecule has 3 nitrogen and oxygen atoms in total. The fourth-order valence-electron chi connectivity index (χ4n) is 3.03. The Kier molecular flexibility index (Phi) is 19.9. The average molecular weight is 327 g/mol. The largest absolute Gasteiger partial charge is 0.466 e. The van der Waals surface area contributed by atoms with E-state index in [-0.39, 0.29) is 0 Å². The van der Waals surface area contributed by atoms with Gasteiger partial charge in [-0.05, 0) is 13.0 Å². The second kappa shape index (κ2) is 20.0. The van der Waals surface area contributed by atoms with Crippen molar-refractivity contribution in [3.8, 4) is 0 Å². The van der Waals surface area contributed by atoms with E-state index < -0.39 is 7.12 Å². The second-order valence-corrected chi connectivity index (χ2v) is 6.99. The lowest BCUT2D eigenvalue weighted by Crippen LogP contribution is -2.31. The van der Waals surface area contributed by atoms with Crippen LogP contribution in [0.2, 0.25) is 0 Å². The third-order valence-electron chi connectivity index (χ3n) is 4.53. The first-order valence-corrected chi connectivity index (χ1v) is 10.3. The van der Waals surface area contributed by atoms with E-state index in [1.165, 1.54) is 96.3 Å². The van der Waals surface area contributed by atoms with Gasteiger partial charge in [-0.3, -0.25) is 0 Å². The Labute approximate surface area is 145 Å². The van der Waals surface area contributed by atoms with Crippen molar-refractivity contribution in [3.05, 3.63) is 0 Å². The number of nitrogens with one attached hydrogen (secondary N) is 1. The summed E-state index contributed by atoms with van der Waals surface area (Å²) in [5.41, 5.74) is 0. The number of hydrogen-bond acceptors (Lipinski definition) is 3. The molecule has 0 amide bonds. The molecule has 0 fully saturated rings. The van der Waals surface area contributed by atoms with E-state index in [4.69, 9.17) is 10.0 Å². The summed E-state index contributed by atoms with van der Waals surface area (Å²) in [6.45, 7) is 3.18. The van der Waals surface area contributed by atoms with E-state index in [2.05, 4.69) is 12.2 Å². The summed E-state index contributed by atoms with van der Waals surface area (Å²) in [6, 6.07) is 0. The van der Waals surface area contributed by atoms with Crippen molar-refractivity contribution in [1.82, 2.24) is 5.32 Å². The number of rotatable bonds is 19. The molecule has 0 aromatic carbocycles. The van der Waals surface area contributed by atoms with Crippen molar-refractivity contribution < 1.29 is 10.0 Å². The Morgan fingerprint density at radius 2 is 0.913 bits per heavy atom. The molecular formula is C19H42BNO2. The molecule has 3 N–H and O–H groups in total.